The average molecular weight is 616 g/mol. The lowest BCUT2D eigenvalue weighted by Gasteiger charge is -2.48. The van der Waals surface area contributed by atoms with Crippen molar-refractivity contribution in [1.29, 1.82) is 0 Å². The molecule has 8 heterocycles. The number of hydrogen-bond donors (Lipinski definition) is 2. The van der Waals surface area contributed by atoms with Gasteiger partial charge >= 0.3 is 6.18 Å². The number of fused-ring (bicyclic) bond motifs is 3. The number of alkyl halides is 3. The second-order valence-electron chi connectivity index (χ2n) is 11.5. The van der Waals surface area contributed by atoms with Crippen molar-refractivity contribution >= 4 is 46.5 Å². The molecule has 9 nitrogen and oxygen atoms in total. The number of aromatic nitrogens is 3. The predicted molar refractivity (Wildman–Crippen MR) is 154 cm³/mol. The van der Waals surface area contributed by atoms with Gasteiger partial charge in [0.15, 0.2) is 0 Å². The Morgan fingerprint density at radius 2 is 1.90 bits per heavy atom. The topological polar surface area (TPSA) is 95.5 Å². The van der Waals surface area contributed by atoms with Crippen LogP contribution in [0.4, 0.5) is 30.6 Å². The number of anilines is 3. The van der Waals surface area contributed by atoms with E-state index in [0.29, 0.717) is 63.9 Å². The SMILES string of the molecule is O=C1c2sc(-c3nc(Nc4ccc(N5CC6CC(C5)N6)nc4C4CC4)ncc3C(F)(F)F)cc2SCCN1C1COC1. The quantitative estimate of drug-likeness (QED) is 0.408. The molecule has 2 bridgehead atoms. The van der Waals surface area contributed by atoms with E-state index in [2.05, 4.69) is 25.5 Å². The fraction of sp³-hybridized carbons (Fsp3) is 0.500. The Morgan fingerprint density at radius 1 is 1.12 bits per heavy atom. The summed E-state index contributed by atoms with van der Waals surface area (Å²) in [6.45, 7) is 3.39. The standard InChI is InChI=1S/C28H28F3N7O2S2/c29-28(30,31)18-9-32-27(34-19-3-4-22(35-23(19)14-1-2-14)37-10-15-7-16(11-37)33-15)36-24(18)20-8-21-25(42-20)26(39)38(5-6-41-21)17-12-40-13-17/h3-4,8-9,14-17,33H,1-2,5-7,10-13H2,(H,32,34,36). The van der Waals surface area contributed by atoms with Crippen LogP contribution in [0.15, 0.2) is 29.3 Å². The first-order chi connectivity index (χ1) is 20.3. The molecule has 6 aliphatic rings. The van der Waals surface area contributed by atoms with E-state index in [1.807, 2.05) is 12.1 Å². The maximum absolute atomic E-state index is 14.2. The van der Waals surface area contributed by atoms with Crippen LogP contribution in [0.5, 0.6) is 0 Å². The zero-order chi connectivity index (χ0) is 28.6. The summed E-state index contributed by atoms with van der Waals surface area (Å²) in [7, 11) is 0. The minimum atomic E-state index is -4.66. The van der Waals surface area contributed by atoms with Crippen LogP contribution in [-0.2, 0) is 10.9 Å². The number of hydrogen-bond acceptors (Lipinski definition) is 10. The van der Waals surface area contributed by atoms with E-state index in [9.17, 15) is 18.0 Å². The van der Waals surface area contributed by atoms with Crippen LogP contribution >= 0.6 is 23.1 Å². The van der Waals surface area contributed by atoms with E-state index >= 15 is 0 Å². The Bertz CT molecular complexity index is 1540. The molecule has 3 aromatic rings. The third-order valence-corrected chi connectivity index (χ3v) is 10.8. The summed E-state index contributed by atoms with van der Waals surface area (Å²) in [5.74, 6) is 1.79. The number of piperazine rings is 1. The smallest absolute Gasteiger partial charge is 0.377 e. The number of thiophene rings is 1. The summed E-state index contributed by atoms with van der Waals surface area (Å²) in [5.41, 5.74) is 0.440. The minimum absolute atomic E-state index is 0.00752. The molecule has 5 aliphatic heterocycles. The molecule has 2 atom stereocenters. The van der Waals surface area contributed by atoms with Crippen molar-refractivity contribution in [1.82, 2.24) is 25.2 Å². The fourth-order valence-corrected chi connectivity index (χ4v) is 8.37. The van der Waals surface area contributed by atoms with Crippen LogP contribution in [0.25, 0.3) is 10.6 Å². The summed E-state index contributed by atoms with van der Waals surface area (Å²) in [6, 6.07) is 6.57. The van der Waals surface area contributed by atoms with E-state index in [1.54, 1.807) is 11.0 Å². The lowest BCUT2D eigenvalue weighted by molar-refractivity contribution is -0.137. The van der Waals surface area contributed by atoms with E-state index in [0.717, 1.165) is 55.0 Å². The number of nitrogens with zero attached hydrogens (tertiary/aromatic N) is 5. The van der Waals surface area contributed by atoms with Gasteiger partial charge in [0.05, 0.1) is 41.2 Å². The van der Waals surface area contributed by atoms with Gasteiger partial charge < -0.3 is 25.2 Å². The van der Waals surface area contributed by atoms with Crippen molar-refractivity contribution in [3.8, 4) is 10.6 Å². The number of thioether (sulfide) groups is 1. The first kappa shape index (κ1) is 26.7. The summed E-state index contributed by atoms with van der Waals surface area (Å²) < 4.78 is 47.7. The van der Waals surface area contributed by atoms with Crippen molar-refractivity contribution < 1.29 is 22.7 Å². The molecule has 0 radical (unpaired) electrons. The highest BCUT2D eigenvalue weighted by molar-refractivity contribution is 7.99. The lowest BCUT2D eigenvalue weighted by Crippen LogP contribution is -2.67. The Hall–Kier alpha value is -2.94. The van der Waals surface area contributed by atoms with Gasteiger partial charge in [0, 0.05) is 54.5 Å². The van der Waals surface area contributed by atoms with Gasteiger partial charge in [-0.25, -0.2) is 15.0 Å². The van der Waals surface area contributed by atoms with Gasteiger partial charge in [0.2, 0.25) is 5.95 Å². The van der Waals surface area contributed by atoms with Crippen LogP contribution in [0.3, 0.4) is 0 Å². The zero-order valence-electron chi connectivity index (χ0n) is 22.5. The Kier molecular flexibility index (Phi) is 6.39. The van der Waals surface area contributed by atoms with Crippen LogP contribution in [0.1, 0.15) is 46.1 Å². The van der Waals surface area contributed by atoms with Crippen LogP contribution in [0.2, 0.25) is 0 Å². The summed E-state index contributed by atoms with van der Waals surface area (Å²) in [6.07, 6.45) is -0.587. The van der Waals surface area contributed by atoms with Gasteiger partial charge in [-0.15, -0.1) is 23.1 Å². The number of nitrogens with one attached hydrogen (secondary N) is 2. The molecular weight excluding hydrogens is 587 g/mol. The van der Waals surface area contributed by atoms with Gasteiger partial charge in [0.25, 0.3) is 5.91 Å². The van der Waals surface area contributed by atoms with Gasteiger partial charge in [-0.3, -0.25) is 4.79 Å². The number of pyridine rings is 1. The maximum Gasteiger partial charge on any atom is 0.420 e. The van der Waals surface area contributed by atoms with Crippen molar-refractivity contribution in [2.24, 2.45) is 0 Å². The van der Waals surface area contributed by atoms with E-state index in [-0.39, 0.29) is 23.6 Å². The van der Waals surface area contributed by atoms with Crippen molar-refractivity contribution in [3.63, 3.8) is 0 Å². The molecule has 4 saturated heterocycles. The van der Waals surface area contributed by atoms with Crippen LogP contribution in [-0.4, -0.2) is 82.5 Å². The first-order valence-corrected chi connectivity index (χ1v) is 16.0. The lowest BCUT2D eigenvalue weighted by atomic mass is 9.91. The second kappa shape index (κ2) is 10.1. The largest absolute Gasteiger partial charge is 0.420 e. The average Bonchev–Trinajstić information content (AvgIpc) is 3.71. The van der Waals surface area contributed by atoms with E-state index in [1.165, 1.54) is 18.2 Å². The molecule has 220 valence electrons. The molecule has 1 saturated carbocycles. The molecule has 0 spiro atoms. The molecule has 5 fully saturated rings. The molecule has 1 amide bonds. The molecular formula is C28H28F3N7O2S2. The van der Waals surface area contributed by atoms with Crippen LogP contribution < -0.4 is 15.5 Å². The number of carbonyl (C=O) groups excluding carboxylic acids is 1. The third kappa shape index (κ3) is 4.81. The van der Waals surface area contributed by atoms with Crippen LogP contribution in [0, 0.1) is 0 Å². The number of rotatable bonds is 6. The number of halogens is 3. The molecule has 0 aromatic carbocycles. The normalized spacial score (nSPS) is 24.1. The Balaban J connectivity index is 1.12. The number of piperidine rings is 1. The minimum Gasteiger partial charge on any atom is -0.377 e. The van der Waals surface area contributed by atoms with E-state index < -0.39 is 11.7 Å². The molecule has 42 heavy (non-hydrogen) atoms. The maximum atomic E-state index is 14.2. The molecule has 14 heteroatoms. The highest BCUT2D eigenvalue weighted by Gasteiger charge is 2.40. The summed E-state index contributed by atoms with van der Waals surface area (Å²) >= 11 is 2.54. The van der Waals surface area contributed by atoms with E-state index in [4.69, 9.17) is 9.72 Å². The summed E-state index contributed by atoms with van der Waals surface area (Å²) in [4.78, 5) is 32.3. The second-order valence-corrected chi connectivity index (χ2v) is 13.7. The summed E-state index contributed by atoms with van der Waals surface area (Å²) in [5, 5.41) is 6.71. The predicted octanol–water partition coefficient (Wildman–Crippen LogP) is 4.74. The van der Waals surface area contributed by atoms with Crippen molar-refractivity contribution in [3.05, 3.63) is 40.5 Å². The number of ether oxygens (including phenoxy) is 1. The zero-order valence-corrected chi connectivity index (χ0v) is 24.1. The highest BCUT2D eigenvalue weighted by Crippen LogP contribution is 2.46. The van der Waals surface area contributed by atoms with Gasteiger partial charge in [-0.2, -0.15) is 13.2 Å². The third-order valence-electron chi connectivity index (χ3n) is 8.50. The van der Waals surface area contributed by atoms with Gasteiger partial charge in [-0.1, -0.05) is 0 Å². The van der Waals surface area contributed by atoms with Gasteiger partial charge in [-0.05, 0) is 37.5 Å². The Morgan fingerprint density at radius 3 is 2.60 bits per heavy atom. The molecule has 9 rings (SSSR count). The first-order valence-electron chi connectivity index (χ1n) is 14.2. The number of amides is 1. The van der Waals surface area contributed by atoms with Crippen molar-refractivity contribution in [2.75, 3.05) is 48.8 Å². The molecule has 2 unspecified atom stereocenters. The monoisotopic (exact) mass is 615 g/mol. The molecule has 2 N–H and O–H groups in total. The fourth-order valence-electron chi connectivity index (χ4n) is 6.06. The highest BCUT2D eigenvalue weighted by atomic mass is 32.2. The molecule has 1 aliphatic carbocycles. The Labute approximate surface area is 248 Å². The number of carbonyl (C=O) groups is 1. The van der Waals surface area contributed by atoms with Gasteiger partial charge in [0.1, 0.15) is 16.3 Å². The van der Waals surface area contributed by atoms with Crippen molar-refractivity contribution in [2.45, 2.75) is 54.4 Å². The molecule has 3 aromatic heterocycles.